The first-order valence-electron chi connectivity index (χ1n) is 6.39. The molecule has 116 valence electrons. The zero-order chi connectivity index (χ0) is 15.7. The van der Waals surface area contributed by atoms with Gasteiger partial charge in [0.1, 0.15) is 5.82 Å². The van der Waals surface area contributed by atoms with Gasteiger partial charge in [-0.15, -0.1) is 0 Å². The van der Waals surface area contributed by atoms with E-state index in [0.717, 1.165) is 6.07 Å². The van der Waals surface area contributed by atoms with Gasteiger partial charge in [-0.05, 0) is 24.6 Å². The second kappa shape index (κ2) is 8.74. The van der Waals surface area contributed by atoms with Crippen molar-refractivity contribution in [2.45, 2.75) is 17.7 Å². The monoisotopic (exact) mass is 315 g/mol. The van der Waals surface area contributed by atoms with E-state index in [2.05, 4.69) is 16.6 Å². The maximum Gasteiger partial charge on any atom is 0.240 e. The van der Waals surface area contributed by atoms with Gasteiger partial charge in [-0.2, -0.15) is 0 Å². The van der Waals surface area contributed by atoms with Gasteiger partial charge >= 0.3 is 0 Å². The lowest BCUT2D eigenvalue weighted by atomic mass is 10.2. The number of aliphatic hydroxyl groups excluding tert-OH is 1. The summed E-state index contributed by atoms with van der Waals surface area (Å²) < 4.78 is 44.8. The van der Waals surface area contributed by atoms with Crippen LogP contribution in [0.15, 0.2) is 23.1 Å². The van der Waals surface area contributed by atoms with Crippen molar-refractivity contribution in [1.82, 2.24) is 4.72 Å². The van der Waals surface area contributed by atoms with Gasteiger partial charge in [0.05, 0.1) is 17.1 Å². The highest BCUT2D eigenvalue weighted by Gasteiger charge is 2.15. The molecule has 1 aromatic carbocycles. The second-order valence-electron chi connectivity index (χ2n) is 4.16. The van der Waals surface area contributed by atoms with Crippen LogP contribution in [0.4, 0.5) is 4.39 Å². The van der Waals surface area contributed by atoms with E-state index in [0.29, 0.717) is 13.0 Å². The Morgan fingerprint density at radius 1 is 1.43 bits per heavy atom. The van der Waals surface area contributed by atoms with Crippen molar-refractivity contribution in [3.63, 3.8) is 0 Å². The summed E-state index contributed by atoms with van der Waals surface area (Å²) >= 11 is 0. The number of halogens is 1. The zero-order valence-electron chi connectivity index (χ0n) is 11.7. The van der Waals surface area contributed by atoms with Crippen LogP contribution in [-0.2, 0) is 14.8 Å². The third kappa shape index (κ3) is 5.81. The van der Waals surface area contributed by atoms with E-state index in [1.54, 1.807) is 0 Å². The summed E-state index contributed by atoms with van der Waals surface area (Å²) in [6.45, 7) is 0.554. The highest BCUT2D eigenvalue weighted by molar-refractivity contribution is 7.89. The molecule has 0 saturated heterocycles. The quantitative estimate of drug-likeness (QED) is 0.578. The highest BCUT2D eigenvalue weighted by atomic mass is 32.2. The minimum atomic E-state index is -3.74. The summed E-state index contributed by atoms with van der Waals surface area (Å²) in [4.78, 5) is -0.148. The van der Waals surface area contributed by atoms with Crippen molar-refractivity contribution in [1.29, 1.82) is 0 Å². The van der Waals surface area contributed by atoms with Crippen molar-refractivity contribution in [2.24, 2.45) is 0 Å². The normalized spacial score (nSPS) is 11.0. The van der Waals surface area contributed by atoms with Crippen molar-refractivity contribution >= 4 is 10.0 Å². The number of nitrogens with one attached hydrogen (secondary N) is 1. The predicted octanol–water partition coefficient (Wildman–Crippen LogP) is 0.874. The molecule has 0 radical (unpaired) electrons. The predicted molar refractivity (Wildman–Crippen MR) is 76.7 cm³/mol. The molecule has 7 heteroatoms. The molecule has 1 aromatic rings. The lowest BCUT2D eigenvalue weighted by Gasteiger charge is -2.07. The minimum absolute atomic E-state index is 0.0989. The van der Waals surface area contributed by atoms with Gasteiger partial charge in [0.2, 0.25) is 10.0 Å². The summed E-state index contributed by atoms with van der Waals surface area (Å²) in [6, 6.07) is 3.54. The number of rotatable bonds is 7. The first-order chi connectivity index (χ1) is 10.0. The van der Waals surface area contributed by atoms with Crippen LogP contribution in [0.5, 0.6) is 0 Å². The second-order valence-corrected chi connectivity index (χ2v) is 5.93. The Balaban J connectivity index is 2.80. The summed E-state index contributed by atoms with van der Waals surface area (Å²) in [5.41, 5.74) is 0.0989. The number of aliphatic hydroxyl groups is 1. The molecule has 0 unspecified atom stereocenters. The fraction of sp³-hybridized carbons (Fsp3) is 0.429. The van der Waals surface area contributed by atoms with Crippen LogP contribution in [0.3, 0.4) is 0 Å². The Labute approximate surface area is 124 Å². The molecule has 0 saturated carbocycles. The standard InChI is InChI=1S/C14H18FNO4S/c1-20-10-4-8-16-21(18,19)13-7-6-12(14(15)11-13)5-2-3-9-17/h6-7,11,16-17H,3-4,8-10H2,1H3. The average molecular weight is 315 g/mol. The van der Waals surface area contributed by atoms with Gasteiger partial charge in [0.25, 0.3) is 0 Å². The summed E-state index contributed by atoms with van der Waals surface area (Å²) in [5, 5.41) is 8.59. The van der Waals surface area contributed by atoms with Crippen LogP contribution in [0, 0.1) is 17.7 Å². The Morgan fingerprint density at radius 2 is 2.19 bits per heavy atom. The Morgan fingerprint density at radius 3 is 2.81 bits per heavy atom. The highest BCUT2D eigenvalue weighted by Crippen LogP contribution is 2.14. The van der Waals surface area contributed by atoms with Crippen LogP contribution >= 0.6 is 0 Å². The Hall–Kier alpha value is -1.46. The molecule has 5 nitrogen and oxygen atoms in total. The van der Waals surface area contributed by atoms with Crippen molar-refractivity contribution in [3.05, 3.63) is 29.6 Å². The smallest absolute Gasteiger partial charge is 0.240 e. The summed E-state index contributed by atoms with van der Waals surface area (Å²) in [7, 11) is -2.21. The molecular weight excluding hydrogens is 297 g/mol. The van der Waals surface area contributed by atoms with Gasteiger partial charge in [0.15, 0.2) is 0 Å². The van der Waals surface area contributed by atoms with Crippen LogP contribution in [0.1, 0.15) is 18.4 Å². The fourth-order valence-corrected chi connectivity index (χ4v) is 2.57. The van der Waals surface area contributed by atoms with Crippen molar-refractivity contribution < 1.29 is 22.7 Å². The van der Waals surface area contributed by atoms with Gasteiger partial charge in [-0.1, -0.05) is 11.8 Å². The number of hydrogen-bond acceptors (Lipinski definition) is 4. The van der Waals surface area contributed by atoms with Gasteiger partial charge in [0, 0.05) is 26.7 Å². The van der Waals surface area contributed by atoms with Crippen molar-refractivity contribution in [2.75, 3.05) is 26.9 Å². The molecule has 0 atom stereocenters. The van der Waals surface area contributed by atoms with Crippen LogP contribution < -0.4 is 4.72 Å². The third-order valence-electron chi connectivity index (χ3n) is 2.53. The molecule has 0 aromatic heterocycles. The Bertz CT molecular complexity index is 620. The van der Waals surface area contributed by atoms with Gasteiger partial charge in [-0.3, -0.25) is 0 Å². The number of hydrogen-bond donors (Lipinski definition) is 2. The number of benzene rings is 1. The minimum Gasteiger partial charge on any atom is -0.395 e. The number of methoxy groups -OCH3 is 1. The number of sulfonamides is 1. The Kier molecular flexibility index (Phi) is 7.32. The molecule has 0 aliphatic heterocycles. The summed E-state index contributed by atoms with van der Waals surface area (Å²) in [5.74, 6) is 4.41. The maximum absolute atomic E-state index is 13.8. The molecule has 0 aliphatic carbocycles. The molecule has 0 spiro atoms. The first-order valence-corrected chi connectivity index (χ1v) is 7.87. The van der Waals surface area contributed by atoms with E-state index in [9.17, 15) is 12.8 Å². The van der Waals surface area contributed by atoms with Crippen LogP contribution in [-0.4, -0.2) is 40.4 Å². The third-order valence-corrected chi connectivity index (χ3v) is 3.99. The molecule has 1 rings (SSSR count). The number of ether oxygens (including phenoxy) is 1. The zero-order valence-corrected chi connectivity index (χ0v) is 12.5. The molecule has 0 bridgehead atoms. The van der Waals surface area contributed by atoms with Crippen molar-refractivity contribution in [3.8, 4) is 11.8 Å². The van der Waals surface area contributed by atoms with Crippen LogP contribution in [0.2, 0.25) is 0 Å². The molecule has 0 heterocycles. The van der Waals surface area contributed by atoms with Gasteiger partial charge in [-0.25, -0.2) is 17.5 Å². The maximum atomic E-state index is 13.8. The van der Waals surface area contributed by atoms with E-state index < -0.39 is 15.8 Å². The average Bonchev–Trinajstić information content (AvgIpc) is 2.45. The first kappa shape index (κ1) is 17.6. The SMILES string of the molecule is COCCCNS(=O)(=O)c1ccc(C#CCCO)c(F)c1. The van der Waals surface area contributed by atoms with E-state index in [-0.39, 0.29) is 30.0 Å². The molecule has 0 amide bonds. The van der Waals surface area contributed by atoms with Crippen LogP contribution in [0.25, 0.3) is 0 Å². The fourth-order valence-electron chi connectivity index (χ4n) is 1.48. The van der Waals surface area contributed by atoms with Gasteiger partial charge < -0.3 is 9.84 Å². The largest absolute Gasteiger partial charge is 0.395 e. The lowest BCUT2D eigenvalue weighted by Crippen LogP contribution is -2.25. The molecular formula is C14H18FNO4S. The molecule has 2 N–H and O–H groups in total. The molecule has 0 aliphatic rings. The van der Waals surface area contributed by atoms with E-state index in [1.807, 2.05) is 0 Å². The van der Waals surface area contributed by atoms with E-state index in [4.69, 9.17) is 9.84 Å². The molecule has 21 heavy (non-hydrogen) atoms. The lowest BCUT2D eigenvalue weighted by molar-refractivity contribution is 0.196. The topological polar surface area (TPSA) is 75.6 Å². The van der Waals surface area contributed by atoms with E-state index in [1.165, 1.54) is 19.2 Å². The summed E-state index contributed by atoms with van der Waals surface area (Å²) in [6.07, 6.45) is 0.767. The van der Waals surface area contributed by atoms with E-state index >= 15 is 0 Å². The molecule has 0 fully saturated rings.